The number of piperidine rings is 1. The number of hydrogen-bond donors (Lipinski definition) is 1. The molecule has 0 radical (unpaired) electrons. The van der Waals surface area contributed by atoms with Crippen LogP contribution in [-0.2, 0) is 11.2 Å². The van der Waals surface area contributed by atoms with Crippen molar-refractivity contribution in [1.29, 1.82) is 0 Å². The number of thiazole rings is 1. The van der Waals surface area contributed by atoms with E-state index in [2.05, 4.69) is 10.7 Å². The lowest BCUT2D eigenvalue weighted by Gasteiger charge is -2.31. The van der Waals surface area contributed by atoms with Crippen LogP contribution in [-0.4, -0.2) is 41.3 Å². The number of hydrogen-bond acceptors (Lipinski definition) is 4. The van der Waals surface area contributed by atoms with Crippen LogP contribution in [0.3, 0.4) is 0 Å². The van der Waals surface area contributed by atoms with Crippen molar-refractivity contribution in [2.75, 3.05) is 19.6 Å². The normalized spacial score (nSPS) is 15.0. The summed E-state index contributed by atoms with van der Waals surface area (Å²) in [5.41, 5.74) is 2.98. The average Bonchev–Trinajstić information content (AvgIpc) is 3.17. The lowest BCUT2D eigenvalue weighted by Crippen LogP contribution is -2.37. The molecular formula is C21H27N3O2S. The molecule has 0 bridgehead atoms. The highest BCUT2D eigenvalue weighted by molar-refractivity contribution is 7.09. The van der Waals surface area contributed by atoms with Gasteiger partial charge in [0.1, 0.15) is 0 Å². The van der Waals surface area contributed by atoms with Gasteiger partial charge in [-0.2, -0.15) is 0 Å². The Kier molecular flexibility index (Phi) is 6.61. The number of likely N-dealkylation sites (tertiary alicyclic amines) is 1. The summed E-state index contributed by atoms with van der Waals surface area (Å²) in [7, 11) is 0. The second kappa shape index (κ2) is 9.13. The van der Waals surface area contributed by atoms with Gasteiger partial charge in [0.25, 0.3) is 5.91 Å². The van der Waals surface area contributed by atoms with Gasteiger partial charge < -0.3 is 10.2 Å². The van der Waals surface area contributed by atoms with Crippen molar-refractivity contribution in [3.05, 3.63) is 51.5 Å². The zero-order chi connectivity index (χ0) is 19.2. The number of benzene rings is 1. The number of carbonyl (C=O) groups is 2. The van der Waals surface area contributed by atoms with Gasteiger partial charge in [0, 0.05) is 49.3 Å². The number of rotatable bonds is 6. The first-order valence-electron chi connectivity index (χ1n) is 9.63. The fourth-order valence-electron chi connectivity index (χ4n) is 3.29. The predicted molar refractivity (Wildman–Crippen MR) is 108 cm³/mol. The lowest BCUT2D eigenvalue weighted by molar-refractivity contribution is -0.120. The zero-order valence-electron chi connectivity index (χ0n) is 16.0. The summed E-state index contributed by atoms with van der Waals surface area (Å²) >= 11 is 1.70. The molecule has 1 fully saturated rings. The molecule has 144 valence electrons. The molecule has 1 aromatic heterocycles. The molecule has 0 atom stereocenters. The molecule has 27 heavy (non-hydrogen) atoms. The van der Waals surface area contributed by atoms with Gasteiger partial charge >= 0.3 is 0 Å². The van der Waals surface area contributed by atoms with Gasteiger partial charge in [-0.3, -0.25) is 9.59 Å². The zero-order valence-corrected chi connectivity index (χ0v) is 16.8. The molecule has 0 aliphatic carbocycles. The molecule has 2 aromatic rings. The summed E-state index contributed by atoms with van der Waals surface area (Å²) in [4.78, 5) is 30.6. The SMILES string of the molecule is CCC(=O)NCCc1csc(C2CCN(C(=O)c3ccc(C)cc3)CC2)n1. The van der Waals surface area contributed by atoms with Crippen molar-refractivity contribution in [1.82, 2.24) is 15.2 Å². The second-order valence-corrected chi connectivity index (χ2v) is 7.95. The molecule has 1 saturated heterocycles. The van der Waals surface area contributed by atoms with Gasteiger partial charge in [0.2, 0.25) is 5.91 Å². The molecule has 6 heteroatoms. The van der Waals surface area contributed by atoms with Crippen molar-refractivity contribution in [2.45, 2.75) is 45.4 Å². The monoisotopic (exact) mass is 385 g/mol. The molecule has 1 aliphatic rings. The Bertz CT molecular complexity index is 777. The minimum Gasteiger partial charge on any atom is -0.356 e. The van der Waals surface area contributed by atoms with E-state index < -0.39 is 0 Å². The van der Waals surface area contributed by atoms with Crippen molar-refractivity contribution >= 4 is 23.2 Å². The number of aryl methyl sites for hydroxylation is 1. The van der Waals surface area contributed by atoms with Crippen LogP contribution in [0, 0.1) is 6.92 Å². The molecule has 0 spiro atoms. The highest BCUT2D eigenvalue weighted by Crippen LogP contribution is 2.31. The minimum atomic E-state index is 0.0797. The Morgan fingerprint density at radius 3 is 2.59 bits per heavy atom. The minimum absolute atomic E-state index is 0.0797. The molecular weight excluding hydrogens is 358 g/mol. The van der Waals surface area contributed by atoms with Crippen LogP contribution < -0.4 is 5.32 Å². The van der Waals surface area contributed by atoms with Crippen LogP contribution in [0.15, 0.2) is 29.6 Å². The molecule has 3 rings (SSSR count). The number of nitrogens with one attached hydrogen (secondary N) is 1. The molecule has 1 aliphatic heterocycles. The third kappa shape index (κ3) is 5.16. The molecule has 0 saturated carbocycles. The van der Waals surface area contributed by atoms with E-state index in [1.807, 2.05) is 43.0 Å². The largest absolute Gasteiger partial charge is 0.356 e. The fraction of sp³-hybridized carbons (Fsp3) is 0.476. The van der Waals surface area contributed by atoms with Gasteiger partial charge in [-0.25, -0.2) is 4.98 Å². The predicted octanol–water partition coefficient (Wildman–Crippen LogP) is 3.54. The maximum absolute atomic E-state index is 12.6. The van der Waals surface area contributed by atoms with E-state index in [-0.39, 0.29) is 11.8 Å². The first-order valence-corrected chi connectivity index (χ1v) is 10.5. The third-order valence-corrected chi connectivity index (χ3v) is 6.08. The van der Waals surface area contributed by atoms with Gasteiger partial charge in [-0.1, -0.05) is 24.6 Å². The van der Waals surface area contributed by atoms with E-state index >= 15 is 0 Å². The topological polar surface area (TPSA) is 62.3 Å². The van der Waals surface area contributed by atoms with Crippen molar-refractivity contribution < 1.29 is 9.59 Å². The summed E-state index contributed by atoms with van der Waals surface area (Å²) in [6, 6.07) is 7.79. The van der Waals surface area contributed by atoms with E-state index in [1.54, 1.807) is 11.3 Å². The Labute approximate surface area is 164 Å². The first kappa shape index (κ1) is 19.5. The Balaban J connectivity index is 1.49. The quantitative estimate of drug-likeness (QED) is 0.827. The van der Waals surface area contributed by atoms with Gasteiger partial charge in [0.05, 0.1) is 10.7 Å². The van der Waals surface area contributed by atoms with E-state index in [0.717, 1.165) is 48.6 Å². The smallest absolute Gasteiger partial charge is 0.253 e. The number of carbonyl (C=O) groups excluding carboxylic acids is 2. The van der Waals surface area contributed by atoms with E-state index in [1.165, 1.54) is 5.56 Å². The fourth-order valence-corrected chi connectivity index (χ4v) is 4.31. The summed E-state index contributed by atoms with van der Waals surface area (Å²) in [5, 5.41) is 6.14. The summed E-state index contributed by atoms with van der Waals surface area (Å²) < 4.78 is 0. The van der Waals surface area contributed by atoms with Crippen LogP contribution in [0.1, 0.15) is 58.7 Å². The molecule has 0 unspecified atom stereocenters. The average molecular weight is 386 g/mol. The van der Waals surface area contributed by atoms with E-state index in [9.17, 15) is 9.59 Å². The third-order valence-electron chi connectivity index (χ3n) is 5.02. The Morgan fingerprint density at radius 2 is 1.93 bits per heavy atom. The molecule has 2 heterocycles. The van der Waals surface area contributed by atoms with Crippen molar-refractivity contribution in [3.63, 3.8) is 0 Å². The van der Waals surface area contributed by atoms with Crippen LogP contribution in [0.25, 0.3) is 0 Å². The molecule has 1 aromatic carbocycles. The highest BCUT2D eigenvalue weighted by atomic mass is 32.1. The summed E-state index contributed by atoms with van der Waals surface area (Å²) in [6.07, 6.45) is 3.20. The van der Waals surface area contributed by atoms with Gasteiger partial charge in [-0.15, -0.1) is 11.3 Å². The van der Waals surface area contributed by atoms with Crippen molar-refractivity contribution in [3.8, 4) is 0 Å². The first-order chi connectivity index (χ1) is 13.1. The van der Waals surface area contributed by atoms with Gasteiger partial charge in [-0.05, 0) is 31.9 Å². The summed E-state index contributed by atoms with van der Waals surface area (Å²) in [6.45, 7) is 6.07. The van der Waals surface area contributed by atoms with Crippen molar-refractivity contribution in [2.24, 2.45) is 0 Å². The molecule has 1 N–H and O–H groups in total. The van der Waals surface area contributed by atoms with Crippen LogP contribution in [0.2, 0.25) is 0 Å². The number of aromatic nitrogens is 1. The maximum Gasteiger partial charge on any atom is 0.253 e. The van der Waals surface area contributed by atoms with Crippen LogP contribution >= 0.6 is 11.3 Å². The molecule has 5 nitrogen and oxygen atoms in total. The van der Waals surface area contributed by atoms with Crippen LogP contribution in [0.4, 0.5) is 0 Å². The lowest BCUT2D eigenvalue weighted by atomic mass is 9.97. The number of nitrogens with zero attached hydrogens (tertiary/aromatic N) is 2. The van der Waals surface area contributed by atoms with E-state index in [0.29, 0.717) is 18.9 Å². The second-order valence-electron chi connectivity index (χ2n) is 7.06. The Morgan fingerprint density at radius 1 is 1.22 bits per heavy atom. The van der Waals surface area contributed by atoms with Crippen LogP contribution in [0.5, 0.6) is 0 Å². The number of amides is 2. The maximum atomic E-state index is 12.6. The molecule has 2 amide bonds. The van der Waals surface area contributed by atoms with E-state index in [4.69, 9.17) is 4.98 Å². The standard InChI is InChI=1S/C21H27N3O2S/c1-3-19(25)22-11-8-18-14-27-20(23-18)16-9-12-24(13-10-16)21(26)17-6-4-15(2)5-7-17/h4-7,14,16H,3,8-13H2,1-2H3,(H,22,25). The Hall–Kier alpha value is -2.21. The summed E-state index contributed by atoms with van der Waals surface area (Å²) in [5.74, 6) is 0.632. The highest BCUT2D eigenvalue weighted by Gasteiger charge is 2.26. The van der Waals surface area contributed by atoms with Gasteiger partial charge in [0.15, 0.2) is 0 Å².